The van der Waals surface area contributed by atoms with Crippen molar-refractivity contribution >= 4 is 67.8 Å². The fraction of sp³-hybridized carbons (Fsp3) is 0.400. The molecule has 0 atom stereocenters. The van der Waals surface area contributed by atoms with Crippen molar-refractivity contribution in [2.75, 3.05) is 6.61 Å². The van der Waals surface area contributed by atoms with Crippen LogP contribution in [0.25, 0.3) is 0 Å². The lowest BCUT2D eigenvalue weighted by Gasteiger charge is -2.08. The second-order valence-corrected chi connectivity index (χ2v) is 6.40. The van der Waals surface area contributed by atoms with E-state index in [9.17, 15) is 0 Å². The van der Waals surface area contributed by atoms with Crippen LogP contribution in [0.5, 0.6) is 0 Å². The Labute approximate surface area is 126 Å². The van der Waals surface area contributed by atoms with Crippen molar-refractivity contribution < 1.29 is 4.74 Å². The molecule has 0 unspecified atom stereocenters. The van der Waals surface area contributed by atoms with Gasteiger partial charge in [0.05, 0.1) is 6.61 Å². The standard InChI is InChI=1S/C10H11I3O/c1-2-3-14-6-7-4-8(11)5-9(12)10(7)13/h4-5H,2-3,6H2,1H3. The van der Waals surface area contributed by atoms with Gasteiger partial charge in [-0.25, -0.2) is 0 Å². The highest BCUT2D eigenvalue weighted by atomic mass is 127. The minimum atomic E-state index is 0.735. The van der Waals surface area contributed by atoms with Crippen molar-refractivity contribution in [3.8, 4) is 0 Å². The molecule has 0 aliphatic heterocycles. The monoisotopic (exact) mass is 528 g/mol. The molecule has 1 aromatic carbocycles. The zero-order valence-corrected chi connectivity index (χ0v) is 14.3. The molecule has 4 heteroatoms. The number of hydrogen-bond donors (Lipinski definition) is 0. The van der Waals surface area contributed by atoms with Crippen LogP contribution in [-0.2, 0) is 11.3 Å². The number of ether oxygens (including phenoxy) is 1. The Hall–Kier alpha value is 1.37. The van der Waals surface area contributed by atoms with Gasteiger partial charge in [-0.3, -0.25) is 0 Å². The van der Waals surface area contributed by atoms with Crippen LogP contribution in [0.15, 0.2) is 12.1 Å². The van der Waals surface area contributed by atoms with Crippen LogP contribution in [-0.4, -0.2) is 6.61 Å². The SMILES string of the molecule is CCCOCc1cc(I)cc(I)c1I. The molecule has 0 fully saturated rings. The first-order chi connectivity index (χ1) is 6.65. The summed E-state index contributed by atoms with van der Waals surface area (Å²) < 4.78 is 9.46. The number of rotatable bonds is 4. The third-order valence-electron chi connectivity index (χ3n) is 1.67. The summed E-state index contributed by atoms with van der Waals surface area (Å²) >= 11 is 7.10. The highest BCUT2D eigenvalue weighted by Gasteiger charge is 2.05. The summed E-state index contributed by atoms with van der Waals surface area (Å²) in [6.07, 6.45) is 1.08. The molecule has 0 radical (unpaired) electrons. The van der Waals surface area contributed by atoms with E-state index in [1.807, 2.05) is 0 Å². The van der Waals surface area contributed by atoms with Crippen molar-refractivity contribution in [3.05, 3.63) is 28.4 Å². The smallest absolute Gasteiger partial charge is 0.0727 e. The molecule has 78 valence electrons. The molecule has 0 aromatic heterocycles. The van der Waals surface area contributed by atoms with Crippen LogP contribution >= 0.6 is 67.8 Å². The minimum absolute atomic E-state index is 0.735. The summed E-state index contributed by atoms with van der Waals surface area (Å²) in [4.78, 5) is 0. The van der Waals surface area contributed by atoms with Gasteiger partial charge in [0.15, 0.2) is 0 Å². The molecular weight excluding hydrogens is 517 g/mol. The topological polar surface area (TPSA) is 9.23 Å². The summed E-state index contributed by atoms with van der Waals surface area (Å²) in [5, 5.41) is 0. The van der Waals surface area contributed by atoms with Gasteiger partial charge in [-0.2, -0.15) is 0 Å². The van der Waals surface area contributed by atoms with E-state index >= 15 is 0 Å². The molecule has 0 saturated heterocycles. The lowest BCUT2D eigenvalue weighted by atomic mass is 10.2. The predicted octanol–water partition coefficient (Wildman–Crippen LogP) is 4.43. The van der Waals surface area contributed by atoms with Crippen LogP contribution in [0.4, 0.5) is 0 Å². The molecule has 1 nitrogen and oxygen atoms in total. The first-order valence-corrected chi connectivity index (χ1v) is 7.60. The first kappa shape index (κ1) is 13.4. The van der Waals surface area contributed by atoms with Gasteiger partial charge in [-0.1, -0.05) is 6.92 Å². The van der Waals surface area contributed by atoms with Crippen LogP contribution in [0, 0.1) is 10.7 Å². The summed E-state index contributed by atoms with van der Waals surface area (Å²) in [5.41, 5.74) is 1.30. The molecule has 0 N–H and O–H groups in total. The first-order valence-electron chi connectivity index (χ1n) is 4.36. The van der Waals surface area contributed by atoms with Gasteiger partial charge in [-0.05, 0) is 91.9 Å². The lowest BCUT2D eigenvalue weighted by Crippen LogP contribution is -1.98. The Morgan fingerprint density at radius 1 is 1.21 bits per heavy atom. The molecule has 0 saturated carbocycles. The quantitative estimate of drug-likeness (QED) is 0.320. The van der Waals surface area contributed by atoms with Crippen LogP contribution in [0.1, 0.15) is 18.9 Å². The second-order valence-electron chi connectivity index (χ2n) is 2.91. The molecular formula is C10H11I3O. The van der Waals surface area contributed by atoms with Crippen molar-refractivity contribution in [2.45, 2.75) is 20.0 Å². The Balaban J connectivity index is 2.75. The maximum absolute atomic E-state index is 5.55. The van der Waals surface area contributed by atoms with Crippen molar-refractivity contribution in [2.24, 2.45) is 0 Å². The zero-order chi connectivity index (χ0) is 10.6. The van der Waals surface area contributed by atoms with Gasteiger partial charge in [0.25, 0.3) is 0 Å². The van der Waals surface area contributed by atoms with Gasteiger partial charge < -0.3 is 4.74 Å². The average Bonchev–Trinajstić information content (AvgIpc) is 2.13. The Kier molecular flexibility index (Phi) is 6.57. The third-order valence-corrected chi connectivity index (χ3v) is 5.45. The van der Waals surface area contributed by atoms with Crippen molar-refractivity contribution in [1.82, 2.24) is 0 Å². The van der Waals surface area contributed by atoms with Crippen LogP contribution in [0.2, 0.25) is 0 Å². The fourth-order valence-electron chi connectivity index (χ4n) is 1.04. The Morgan fingerprint density at radius 2 is 1.93 bits per heavy atom. The molecule has 1 aromatic rings. The summed E-state index contributed by atoms with van der Waals surface area (Å²) in [6, 6.07) is 4.38. The maximum Gasteiger partial charge on any atom is 0.0727 e. The lowest BCUT2D eigenvalue weighted by molar-refractivity contribution is 0.121. The molecule has 0 bridgehead atoms. The van der Waals surface area contributed by atoms with E-state index in [0.717, 1.165) is 19.6 Å². The summed E-state index contributed by atoms with van der Waals surface area (Å²) in [6.45, 7) is 3.71. The van der Waals surface area contributed by atoms with Crippen molar-refractivity contribution in [3.63, 3.8) is 0 Å². The summed E-state index contributed by atoms with van der Waals surface area (Å²) in [5.74, 6) is 0. The van der Waals surface area contributed by atoms with E-state index in [1.165, 1.54) is 16.3 Å². The Morgan fingerprint density at radius 3 is 2.57 bits per heavy atom. The van der Waals surface area contributed by atoms with Gasteiger partial charge in [0, 0.05) is 17.3 Å². The average molecular weight is 528 g/mol. The van der Waals surface area contributed by atoms with Gasteiger partial charge in [-0.15, -0.1) is 0 Å². The van der Waals surface area contributed by atoms with Gasteiger partial charge in [0.1, 0.15) is 0 Å². The van der Waals surface area contributed by atoms with Crippen LogP contribution in [0.3, 0.4) is 0 Å². The number of halogens is 3. The minimum Gasteiger partial charge on any atom is -0.377 e. The fourth-order valence-corrected chi connectivity index (χ4v) is 3.47. The van der Waals surface area contributed by atoms with E-state index in [0.29, 0.717) is 0 Å². The highest BCUT2D eigenvalue weighted by Crippen LogP contribution is 2.23. The summed E-state index contributed by atoms with van der Waals surface area (Å²) in [7, 11) is 0. The second kappa shape index (κ2) is 6.85. The van der Waals surface area contributed by atoms with E-state index in [1.54, 1.807) is 0 Å². The maximum atomic E-state index is 5.55. The molecule has 0 heterocycles. The Bertz CT molecular complexity index is 312. The molecule has 0 aliphatic carbocycles. The van der Waals surface area contributed by atoms with E-state index in [-0.39, 0.29) is 0 Å². The van der Waals surface area contributed by atoms with E-state index in [2.05, 4.69) is 86.8 Å². The van der Waals surface area contributed by atoms with Gasteiger partial charge in [0.2, 0.25) is 0 Å². The number of hydrogen-bond acceptors (Lipinski definition) is 1. The van der Waals surface area contributed by atoms with E-state index < -0.39 is 0 Å². The third kappa shape index (κ3) is 4.09. The molecule has 0 amide bonds. The molecule has 0 aliphatic rings. The number of benzene rings is 1. The van der Waals surface area contributed by atoms with E-state index in [4.69, 9.17) is 4.74 Å². The van der Waals surface area contributed by atoms with Crippen molar-refractivity contribution in [1.29, 1.82) is 0 Å². The van der Waals surface area contributed by atoms with Gasteiger partial charge >= 0.3 is 0 Å². The zero-order valence-electron chi connectivity index (χ0n) is 7.82. The normalized spacial score (nSPS) is 10.6. The molecule has 1 rings (SSSR count). The predicted molar refractivity (Wildman–Crippen MR) is 84.5 cm³/mol. The highest BCUT2D eigenvalue weighted by molar-refractivity contribution is 14.1. The largest absolute Gasteiger partial charge is 0.377 e. The van der Waals surface area contributed by atoms with Crippen LogP contribution < -0.4 is 0 Å². The molecule has 14 heavy (non-hydrogen) atoms. The molecule has 0 spiro atoms.